The van der Waals surface area contributed by atoms with E-state index in [0.29, 0.717) is 52.1 Å². The van der Waals surface area contributed by atoms with Gasteiger partial charge in [0.05, 0.1) is 39.6 Å². The van der Waals surface area contributed by atoms with E-state index in [1.807, 2.05) is 13.8 Å². The third kappa shape index (κ3) is 5.90. The van der Waals surface area contributed by atoms with E-state index < -0.39 is 5.54 Å². The van der Waals surface area contributed by atoms with Crippen LogP contribution in [-0.2, 0) is 23.7 Å². The lowest BCUT2D eigenvalue weighted by Crippen LogP contribution is -2.58. The molecule has 0 aromatic heterocycles. The summed E-state index contributed by atoms with van der Waals surface area (Å²) < 4.78 is 21.2. The molecule has 1 saturated carbocycles. The van der Waals surface area contributed by atoms with Gasteiger partial charge in [-0.2, -0.15) is 0 Å². The maximum atomic E-state index is 12.3. The number of esters is 1. The summed E-state index contributed by atoms with van der Waals surface area (Å²) in [6.07, 6.45) is 2.08. The molecular weight excluding hydrogens is 274 g/mol. The number of methoxy groups -OCH3 is 1. The van der Waals surface area contributed by atoms with E-state index in [9.17, 15) is 4.79 Å². The van der Waals surface area contributed by atoms with Gasteiger partial charge in [0.25, 0.3) is 0 Å². The van der Waals surface area contributed by atoms with Crippen LogP contribution in [-0.4, -0.2) is 64.8 Å². The summed E-state index contributed by atoms with van der Waals surface area (Å²) in [6.45, 7) is 7.34. The molecule has 124 valence electrons. The molecule has 1 aliphatic carbocycles. The third-order valence-corrected chi connectivity index (χ3v) is 3.54. The van der Waals surface area contributed by atoms with E-state index in [0.717, 1.165) is 12.8 Å². The molecule has 1 unspecified atom stereocenters. The van der Waals surface area contributed by atoms with Crippen molar-refractivity contribution in [1.29, 1.82) is 0 Å². The molecule has 1 fully saturated rings. The second kappa shape index (κ2) is 10.1. The van der Waals surface area contributed by atoms with Crippen LogP contribution in [0.25, 0.3) is 0 Å². The Morgan fingerprint density at radius 3 is 2.38 bits per heavy atom. The highest BCUT2D eigenvalue weighted by Crippen LogP contribution is 2.40. The minimum absolute atomic E-state index is 0.199. The molecule has 0 heterocycles. The van der Waals surface area contributed by atoms with Crippen LogP contribution >= 0.6 is 0 Å². The van der Waals surface area contributed by atoms with E-state index in [-0.39, 0.29) is 5.97 Å². The molecule has 0 spiro atoms. The van der Waals surface area contributed by atoms with Gasteiger partial charge in [-0.25, -0.2) is 4.79 Å². The molecule has 1 rings (SSSR count). The highest BCUT2D eigenvalue weighted by atomic mass is 16.6. The number of carbonyl (C=O) groups is 1. The van der Waals surface area contributed by atoms with Crippen molar-refractivity contribution >= 4 is 5.97 Å². The number of nitrogens with one attached hydrogen (secondary N) is 1. The van der Waals surface area contributed by atoms with Crippen molar-refractivity contribution in [1.82, 2.24) is 5.32 Å². The van der Waals surface area contributed by atoms with Gasteiger partial charge in [0.2, 0.25) is 0 Å². The first-order chi connectivity index (χ1) is 10.2. The number of likely N-dealkylation sites (N-methyl/N-ethyl adjacent to an activating group) is 1. The summed E-state index contributed by atoms with van der Waals surface area (Å²) in [5.74, 6) is 0.112. The number of carbonyl (C=O) groups excluding carboxylic acids is 1. The first kappa shape index (κ1) is 18.4. The predicted octanol–water partition coefficient (Wildman–Crippen LogP) is 0.987. The SMILES string of the molecule is CCNC(COCCOCCOC)(C(=O)OCC)C1CC1. The quantitative estimate of drug-likeness (QED) is 0.404. The standard InChI is InChI=1S/C15H29NO5/c1-4-16-15(13-6-7-13,14(17)21-5-2)12-20-11-10-19-9-8-18-3/h13,16H,4-12H2,1-3H3. The smallest absolute Gasteiger partial charge is 0.329 e. The molecule has 21 heavy (non-hydrogen) atoms. The van der Waals surface area contributed by atoms with Crippen molar-refractivity contribution in [3.8, 4) is 0 Å². The lowest BCUT2D eigenvalue weighted by atomic mass is 9.94. The van der Waals surface area contributed by atoms with Crippen LogP contribution < -0.4 is 5.32 Å². The van der Waals surface area contributed by atoms with Crippen LogP contribution in [0.1, 0.15) is 26.7 Å². The van der Waals surface area contributed by atoms with Gasteiger partial charge in [0.15, 0.2) is 0 Å². The summed E-state index contributed by atoms with van der Waals surface area (Å²) >= 11 is 0. The van der Waals surface area contributed by atoms with Crippen molar-refractivity contribution in [2.75, 3.05) is 53.3 Å². The lowest BCUT2D eigenvalue weighted by molar-refractivity contribution is -0.156. The van der Waals surface area contributed by atoms with Gasteiger partial charge in [-0.15, -0.1) is 0 Å². The van der Waals surface area contributed by atoms with Crippen molar-refractivity contribution in [2.45, 2.75) is 32.2 Å². The van der Waals surface area contributed by atoms with E-state index >= 15 is 0 Å². The number of hydrogen-bond donors (Lipinski definition) is 1. The molecule has 0 aromatic rings. The summed E-state index contributed by atoms with van der Waals surface area (Å²) in [4.78, 5) is 12.3. The Labute approximate surface area is 127 Å². The second-order valence-electron chi connectivity index (χ2n) is 5.15. The molecule has 0 saturated heterocycles. The van der Waals surface area contributed by atoms with E-state index in [2.05, 4.69) is 5.32 Å². The molecule has 1 atom stereocenters. The van der Waals surface area contributed by atoms with Crippen LogP contribution in [0.15, 0.2) is 0 Å². The summed E-state index contributed by atoms with van der Waals surface area (Å²) in [6, 6.07) is 0. The Balaban J connectivity index is 2.40. The average Bonchev–Trinajstić information content (AvgIpc) is 3.30. The van der Waals surface area contributed by atoms with Gasteiger partial charge < -0.3 is 18.9 Å². The Bertz CT molecular complexity index is 296. The first-order valence-electron chi connectivity index (χ1n) is 7.78. The molecule has 0 bridgehead atoms. The van der Waals surface area contributed by atoms with Crippen LogP contribution in [0.2, 0.25) is 0 Å². The third-order valence-electron chi connectivity index (χ3n) is 3.54. The maximum Gasteiger partial charge on any atom is 0.329 e. The van der Waals surface area contributed by atoms with Gasteiger partial charge in [0.1, 0.15) is 5.54 Å². The van der Waals surface area contributed by atoms with Crippen molar-refractivity contribution < 1.29 is 23.7 Å². The molecule has 0 amide bonds. The monoisotopic (exact) mass is 303 g/mol. The first-order valence-corrected chi connectivity index (χ1v) is 7.78. The highest BCUT2D eigenvalue weighted by Gasteiger charge is 2.51. The van der Waals surface area contributed by atoms with E-state index in [1.165, 1.54) is 0 Å². The Kier molecular flexibility index (Phi) is 8.84. The second-order valence-corrected chi connectivity index (χ2v) is 5.15. The van der Waals surface area contributed by atoms with Gasteiger partial charge in [-0.05, 0) is 32.2 Å². The molecular formula is C15H29NO5. The highest BCUT2D eigenvalue weighted by molar-refractivity contribution is 5.82. The van der Waals surface area contributed by atoms with Crippen LogP contribution in [0.4, 0.5) is 0 Å². The number of rotatable bonds is 13. The minimum atomic E-state index is -0.697. The normalized spacial score (nSPS) is 17.5. The van der Waals surface area contributed by atoms with Gasteiger partial charge >= 0.3 is 5.97 Å². The fourth-order valence-corrected chi connectivity index (χ4v) is 2.36. The molecule has 6 heteroatoms. The van der Waals surface area contributed by atoms with Crippen LogP contribution in [0.5, 0.6) is 0 Å². The molecule has 0 aliphatic heterocycles. The summed E-state index contributed by atoms with van der Waals surface area (Å²) in [5.41, 5.74) is -0.697. The topological polar surface area (TPSA) is 66.0 Å². The summed E-state index contributed by atoms with van der Waals surface area (Å²) in [7, 11) is 1.64. The van der Waals surface area contributed by atoms with E-state index in [4.69, 9.17) is 18.9 Å². The van der Waals surface area contributed by atoms with Crippen molar-refractivity contribution in [3.63, 3.8) is 0 Å². The number of ether oxygens (including phenoxy) is 4. The zero-order chi connectivity index (χ0) is 15.6. The molecule has 0 radical (unpaired) electrons. The van der Waals surface area contributed by atoms with Crippen LogP contribution in [0, 0.1) is 5.92 Å². The molecule has 6 nitrogen and oxygen atoms in total. The maximum absolute atomic E-state index is 12.3. The largest absolute Gasteiger partial charge is 0.465 e. The van der Waals surface area contributed by atoms with Crippen molar-refractivity contribution in [3.05, 3.63) is 0 Å². The molecule has 1 N–H and O–H groups in total. The molecule has 0 aromatic carbocycles. The van der Waals surface area contributed by atoms with Gasteiger partial charge in [0, 0.05) is 7.11 Å². The minimum Gasteiger partial charge on any atom is -0.465 e. The Hall–Kier alpha value is -0.690. The van der Waals surface area contributed by atoms with Crippen molar-refractivity contribution in [2.24, 2.45) is 5.92 Å². The predicted molar refractivity (Wildman–Crippen MR) is 79.3 cm³/mol. The lowest BCUT2D eigenvalue weighted by Gasteiger charge is -2.32. The van der Waals surface area contributed by atoms with Crippen LogP contribution in [0.3, 0.4) is 0 Å². The molecule has 1 aliphatic rings. The zero-order valence-electron chi connectivity index (χ0n) is 13.5. The van der Waals surface area contributed by atoms with Gasteiger partial charge in [-0.1, -0.05) is 6.92 Å². The number of hydrogen-bond acceptors (Lipinski definition) is 6. The zero-order valence-corrected chi connectivity index (χ0v) is 13.5. The van der Waals surface area contributed by atoms with Gasteiger partial charge in [-0.3, -0.25) is 5.32 Å². The fraction of sp³-hybridized carbons (Fsp3) is 0.933. The fourth-order valence-electron chi connectivity index (χ4n) is 2.36. The average molecular weight is 303 g/mol. The van der Waals surface area contributed by atoms with E-state index in [1.54, 1.807) is 7.11 Å². The Morgan fingerprint density at radius 2 is 1.81 bits per heavy atom. The Morgan fingerprint density at radius 1 is 1.14 bits per heavy atom. The summed E-state index contributed by atoms with van der Waals surface area (Å²) in [5, 5.41) is 3.29.